The van der Waals surface area contributed by atoms with Gasteiger partial charge in [-0.15, -0.1) is 11.6 Å². The van der Waals surface area contributed by atoms with Crippen molar-refractivity contribution in [2.45, 2.75) is 19.4 Å². The second-order valence-electron chi connectivity index (χ2n) is 4.62. The molecule has 0 saturated carbocycles. The minimum Gasteiger partial charge on any atom is -0.463 e. The minimum atomic E-state index is -0.434. The third-order valence-corrected chi connectivity index (χ3v) is 3.18. The van der Waals surface area contributed by atoms with Crippen LogP contribution >= 0.6 is 11.6 Å². The number of para-hydroxylation sites is 1. The van der Waals surface area contributed by atoms with Gasteiger partial charge in [0.05, 0.1) is 5.56 Å². The molecule has 1 heterocycles. The normalized spacial score (nSPS) is 11.7. The Morgan fingerprint density at radius 3 is 2.82 bits per heavy atom. The molecule has 1 aromatic heterocycles. The van der Waals surface area contributed by atoms with Gasteiger partial charge in [0.2, 0.25) is 0 Å². The number of nitrogens with one attached hydrogen (secondary N) is 1. The van der Waals surface area contributed by atoms with Gasteiger partial charge in [-0.1, -0.05) is 18.2 Å². The summed E-state index contributed by atoms with van der Waals surface area (Å²) >= 11 is 5.78. The quantitative estimate of drug-likeness (QED) is 0.852. The first-order valence-electron chi connectivity index (χ1n) is 5.38. The van der Waals surface area contributed by atoms with E-state index in [1.165, 1.54) is 6.26 Å². The molecule has 0 unspecified atom stereocenters. The Kier molecular flexibility index (Phi) is 3.11. The Morgan fingerprint density at radius 1 is 1.41 bits per heavy atom. The standard InChI is InChI=1S/C13H14ClNO2/c1-13(2,8-14)15-12(16)10-7-17-11-6-4-3-5-9(10)11/h3-7H,8H2,1-2H3,(H,15,16). The van der Waals surface area contributed by atoms with Crippen LogP contribution in [-0.2, 0) is 0 Å². The Labute approximate surface area is 105 Å². The highest BCUT2D eigenvalue weighted by Gasteiger charge is 2.22. The van der Waals surface area contributed by atoms with Crippen molar-refractivity contribution in [3.8, 4) is 0 Å². The van der Waals surface area contributed by atoms with Crippen molar-refractivity contribution >= 4 is 28.5 Å². The first kappa shape index (κ1) is 12.0. The van der Waals surface area contributed by atoms with Gasteiger partial charge in [-0.05, 0) is 19.9 Å². The number of benzene rings is 1. The average Bonchev–Trinajstić information content (AvgIpc) is 2.72. The highest BCUT2D eigenvalue weighted by Crippen LogP contribution is 2.21. The van der Waals surface area contributed by atoms with Crippen molar-refractivity contribution in [3.63, 3.8) is 0 Å². The van der Waals surface area contributed by atoms with Crippen LogP contribution in [0, 0.1) is 0 Å². The molecule has 1 N–H and O–H groups in total. The molecule has 0 aliphatic carbocycles. The van der Waals surface area contributed by atoms with Crippen LogP contribution in [0.4, 0.5) is 0 Å². The molecule has 0 atom stereocenters. The van der Waals surface area contributed by atoms with E-state index < -0.39 is 5.54 Å². The van der Waals surface area contributed by atoms with Crippen molar-refractivity contribution in [3.05, 3.63) is 36.1 Å². The molecule has 2 rings (SSSR count). The summed E-state index contributed by atoms with van der Waals surface area (Å²) in [6, 6.07) is 7.44. The van der Waals surface area contributed by atoms with Crippen molar-refractivity contribution in [2.24, 2.45) is 0 Å². The maximum Gasteiger partial charge on any atom is 0.255 e. The van der Waals surface area contributed by atoms with E-state index in [-0.39, 0.29) is 5.91 Å². The average molecular weight is 252 g/mol. The summed E-state index contributed by atoms with van der Waals surface area (Å²) < 4.78 is 5.32. The molecule has 1 amide bonds. The summed E-state index contributed by atoms with van der Waals surface area (Å²) in [6.07, 6.45) is 1.48. The number of halogens is 1. The topological polar surface area (TPSA) is 42.2 Å². The first-order chi connectivity index (χ1) is 8.03. The van der Waals surface area contributed by atoms with E-state index in [4.69, 9.17) is 16.0 Å². The predicted octanol–water partition coefficient (Wildman–Crippen LogP) is 3.18. The molecule has 4 heteroatoms. The fourth-order valence-electron chi connectivity index (χ4n) is 1.56. The van der Waals surface area contributed by atoms with Gasteiger partial charge in [-0.3, -0.25) is 4.79 Å². The number of carbonyl (C=O) groups excluding carboxylic acids is 1. The molecule has 0 aliphatic rings. The van der Waals surface area contributed by atoms with Crippen molar-refractivity contribution in [1.82, 2.24) is 5.32 Å². The molecule has 0 aliphatic heterocycles. The maximum absolute atomic E-state index is 12.1. The second-order valence-corrected chi connectivity index (χ2v) is 4.88. The van der Waals surface area contributed by atoms with Gasteiger partial charge in [0.1, 0.15) is 11.8 Å². The largest absolute Gasteiger partial charge is 0.463 e. The predicted molar refractivity (Wildman–Crippen MR) is 68.5 cm³/mol. The summed E-state index contributed by atoms with van der Waals surface area (Å²) in [5.74, 6) is 0.190. The van der Waals surface area contributed by atoms with Crippen LogP contribution in [-0.4, -0.2) is 17.3 Å². The molecule has 0 fully saturated rings. The molecule has 0 saturated heterocycles. The zero-order chi connectivity index (χ0) is 12.5. The van der Waals surface area contributed by atoms with Crippen LogP contribution in [0.5, 0.6) is 0 Å². The van der Waals surface area contributed by atoms with Crippen LogP contribution in [0.3, 0.4) is 0 Å². The Morgan fingerprint density at radius 2 is 2.12 bits per heavy atom. The lowest BCUT2D eigenvalue weighted by molar-refractivity contribution is 0.0921. The number of furan rings is 1. The summed E-state index contributed by atoms with van der Waals surface area (Å²) in [5, 5.41) is 3.68. The smallest absolute Gasteiger partial charge is 0.255 e. The summed E-state index contributed by atoms with van der Waals surface area (Å²) in [5.41, 5.74) is 0.817. The fourth-order valence-corrected chi connectivity index (χ4v) is 1.63. The van der Waals surface area contributed by atoms with Crippen LogP contribution in [0.15, 0.2) is 34.9 Å². The lowest BCUT2D eigenvalue weighted by atomic mass is 10.1. The molecule has 17 heavy (non-hydrogen) atoms. The number of hydrogen-bond donors (Lipinski definition) is 1. The van der Waals surface area contributed by atoms with E-state index in [1.807, 2.05) is 38.1 Å². The Bertz CT molecular complexity index is 545. The van der Waals surface area contributed by atoms with Crippen LogP contribution < -0.4 is 5.32 Å². The Balaban J connectivity index is 2.31. The zero-order valence-electron chi connectivity index (χ0n) is 9.79. The number of carbonyl (C=O) groups is 1. The van der Waals surface area contributed by atoms with Gasteiger partial charge >= 0.3 is 0 Å². The lowest BCUT2D eigenvalue weighted by Crippen LogP contribution is -2.44. The molecule has 90 valence electrons. The highest BCUT2D eigenvalue weighted by molar-refractivity contribution is 6.19. The second kappa shape index (κ2) is 4.41. The van der Waals surface area contributed by atoms with E-state index in [0.717, 1.165) is 5.39 Å². The van der Waals surface area contributed by atoms with Gasteiger partial charge in [-0.25, -0.2) is 0 Å². The molecular weight excluding hydrogens is 238 g/mol. The van der Waals surface area contributed by atoms with Crippen molar-refractivity contribution in [2.75, 3.05) is 5.88 Å². The summed E-state index contributed by atoms with van der Waals surface area (Å²) in [4.78, 5) is 12.1. The third kappa shape index (κ3) is 2.44. The number of amides is 1. The van der Waals surface area contributed by atoms with E-state index in [9.17, 15) is 4.79 Å². The molecule has 0 spiro atoms. The lowest BCUT2D eigenvalue weighted by Gasteiger charge is -2.22. The highest BCUT2D eigenvalue weighted by atomic mass is 35.5. The van der Waals surface area contributed by atoms with Gasteiger partial charge < -0.3 is 9.73 Å². The number of rotatable bonds is 3. The molecule has 3 nitrogen and oxygen atoms in total. The number of alkyl halides is 1. The first-order valence-corrected chi connectivity index (χ1v) is 5.92. The van der Waals surface area contributed by atoms with Crippen molar-refractivity contribution < 1.29 is 9.21 Å². The molecule has 0 bridgehead atoms. The Hall–Kier alpha value is -1.48. The molecule has 0 radical (unpaired) electrons. The van der Waals surface area contributed by atoms with Gasteiger partial charge in [0, 0.05) is 16.8 Å². The molecule has 2 aromatic rings. The van der Waals surface area contributed by atoms with Gasteiger partial charge in [0.15, 0.2) is 0 Å². The third-order valence-electron chi connectivity index (χ3n) is 2.51. The summed E-state index contributed by atoms with van der Waals surface area (Å²) in [7, 11) is 0. The fraction of sp³-hybridized carbons (Fsp3) is 0.308. The number of fused-ring (bicyclic) bond motifs is 1. The molecule has 1 aromatic carbocycles. The number of hydrogen-bond acceptors (Lipinski definition) is 2. The summed E-state index contributed by atoms with van der Waals surface area (Å²) in [6.45, 7) is 3.75. The van der Waals surface area contributed by atoms with E-state index in [0.29, 0.717) is 17.0 Å². The van der Waals surface area contributed by atoms with E-state index in [2.05, 4.69) is 5.32 Å². The van der Waals surface area contributed by atoms with Crippen LogP contribution in [0.2, 0.25) is 0 Å². The minimum absolute atomic E-state index is 0.166. The maximum atomic E-state index is 12.1. The zero-order valence-corrected chi connectivity index (χ0v) is 10.5. The van der Waals surface area contributed by atoms with Crippen LogP contribution in [0.1, 0.15) is 24.2 Å². The molecular formula is C13H14ClNO2. The monoisotopic (exact) mass is 251 g/mol. The van der Waals surface area contributed by atoms with Crippen LogP contribution in [0.25, 0.3) is 11.0 Å². The van der Waals surface area contributed by atoms with E-state index >= 15 is 0 Å². The van der Waals surface area contributed by atoms with E-state index in [1.54, 1.807) is 0 Å². The van der Waals surface area contributed by atoms with Gasteiger partial charge in [0.25, 0.3) is 5.91 Å². The SMILES string of the molecule is CC(C)(CCl)NC(=O)c1coc2ccccc12. The van der Waals surface area contributed by atoms with Crippen molar-refractivity contribution in [1.29, 1.82) is 0 Å². The van der Waals surface area contributed by atoms with Gasteiger partial charge in [-0.2, -0.15) is 0 Å².